The lowest BCUT2D eigenvalue weighted by Gasteiger charge is -2.34. The van der Waals surface area contributed by atoms with E-state index in [1.807, 2.05) is 20.8 Å². The van der Waals surface area contributed by atoms with Crippen LogP contribution < -0.4 is 14.4 Å². The van der Waals surface area contributed by atoms with Crippen LogP contribution in [0.4, 0.5) is 5.69 Å². The number of amides is 2. The van der Waals surface area contributed by atoms with Crippen LogP contribution in [0.2, 0.25) is 10.0 Å². The molecule has 0 aliphatic heterocycles. The van der Waals surface area contributed by atoms with Gasteiger partial charge in [-0.05, 0) is 75.2 Å². The Bertz CT molecular complexity index is 1460. The molecule has 0 fully saturated rings. The number of carbonyl (C=O) groups excluding carboxylic acids is 2. The number of methoxy groups -OCH3 is 1. The lowest BCUT2D eigenvalue weighted by atomic mass is 10.1. The molecule has 11 heteroatoms. The Morgan fingerprint density at radius 2 is 1.61 bits per heavy atom. The monoisotopic (exact) mass is 619 g/mol. The average molecular weight is 621 g/mol. The second kappa shape index (κ2) is 13.6. The second-order valence-corrected chi connectivity index (χ2v) is 13.2. The van der Waals surface area contributed by atoms with Crippen LogP contribution in [0.5, 0.6) is 5.75 Å². The average Bonchev–Trinajstić information content (AvgIpc) is 2.92. The van der Waals surface area contributed by atoms with Crippen molar-refractivity contribution in [2.45, 2.75) is 57.1 Å². The molecule has 0 aliphatic carbocycles. The number of halogens is 2. The predicted molar refractivity (Wildman–Crippen MR) is 163 cm³/mol. The molecule has 0 unspecified atom stereocenters. The first-order valence-electron chi connectivity index (χ1n) is 13.0. The quantitative estimate of drug-likeness (QED) is 0.287. The topological polar surface area (TPSA) is 96.0 Å². The van der Waals surface area contributed by atoms with Gasteiger partial charge in [0.2, 0.25) is 11.8 Å². The number of nitrogens with zero attached hydrogens (tertiary/aromatic N) is 2. The summed E-state index contributed by atoms with van der Waals surface area (Å²) in [6.45, 7) is 6.85. The summed E-state index contributed by atoms with van der Waals surface area (Å²) >= 11 is 12.4. The minimum atomic E-state index is -4.21. The van der Waals surface area contributed by atoms with E-state index >= 15 is 0 Å². The van der Waals surface area contributed by atoms with Gasteiger partial charge < -0.3 is 15.0 Å². The lowest BCUT2D eigenvalue weighted by molar-refractivity contribution is -0.141. The van der Waals surface area contributed by atoms with Gasteiger partial charge in [0.25, 0.3) is 10.0 Å². The Hall–Kier alpha value is -3.27. The summed E-state index contributed by atoms with van der Waals surface area (Å²) in [4.78, 5) is 28.9. The van der Waals surface area contributed by atoms with Crippen LogP contribution in [-0.2, 0) is 26.2 Å². The van der Waals surface area contributed by atoms with E-state index in [2.05, 4.69) is 5.32 Å². The van der Waals surface area contributed by atoms with E-state index in [-0.39, 0.29) is 28.1 Å². The summed E-state index contributed by atoms with van der Waals surface area (Å²) in [5.74, 6) is -0.553. The Kier molecular flexibility index (Phi) is 10.7. The summed E-state index contributed by atoms with van der Waals surface area (Å²) < 4.78 is 34.0. The molecule has 0 aromatic heterocycles. The minimum absolute atomic E-state index is 0.00140. The highest BCUT2D eigenvalue weighted by atomic mass is 35.5. The number of carbonyl (C=O) groups is 2. The third kappa shape index (κ3) is 8.38. The SMILES string of the molecule is CC[C@H](C(=O)NC(C)(C)C)N(Cc1ccc(Cl)cc1)C(=O)CN(c1ccc(OC)c(Cl)c1)S(=O)(=O)c1ccccc1. The van der Waals surface area contributed by atoms with Crippen molar-refractivity contribution in [3.8, 4) is 5.75 Å². The maximum absolute atomic E-state index is 14.1. The first-order valence-corrected chi connectivity index (χ1v) is 15.2. The molecule has 0 radical (unpaired) electrons. The van der Waals surface area contributed by atoms with Gasteiger partial charge in [-0.15, -0.1) is 0 Å². The molecule has 3 rings (SSSR count). The van der Waals surface area contributed by atoms with Gasteiger partial charge in [0.15, 0.2) is 0 Å². The summed E-state index contributed by atoms with van der Waals surface area (Å²) in [5.41, 5.74) is 0.364. The van der Waals surface area contributed by atoms with E-state index in [9.17, 15) is 18.0 Å². The van der Waals surface area contributed by atoms with Gasteiger partial charge in [-0.2, -0.15) is 0 Å². The smallest absolute Gasteiger partial charge is 0.264 e. The molecule has 0 bridgehead atoms. The summed E-state index contributed by atoms with van der Waals surface area (Å²) in [6, 6.07) is 18.4. The second-order valence-electron chi connectivity index (χ2n) is 10.5. The number of benzene rings is 3. The molecule has 220 valence electrons. The number of anilines is 1. The molecule has 0 saturated carbocycles. The van der Waals surface area contributed by atoms with E-state index in [1.165, 1.54) is 42.3 Å². The molecule has 0 saturated heterocycles. The van der Waals surface area contributed by atoms with Crippen molar-refractivity contribution in [2.24, 2.45) is 0 Å². The van der Waals surface area contributed by atoms with Crippen molar-refractivity contribution in [3.05, 3.63) is 88.4 Å². The van der Waals surface area contributed by atoms with Gasteiger partial charge in [-0.25, -0.2) is 8.42 Å². The van der Waals surface area contributed by atoms with Crippen LogP contribution in [0.1, 0.15) is 39.7 Å². The highest BCUT2D eigenvalue weighted by Crippen LogP contribution is 2.32. The maximum Gasteiger partial charge on any atom is 0.264 e. The molecule has 3 aromatic carbocycles. The highest BCUT2D eigenvalue weighted by molar-refractivity contribution is 7.92. The Morgan fingerprint density at radius 3 is 2.15 bits per heavy atom. The maximum atomic E-state index is 14.1. The summed E-state index contributed by atoms with van der Waals surface area (Å²) in [6.07, 6.45) is 0.307. The predicted octanol–water partition coefficient (Wildman–Crippen LogP) is 5.92. The van der Waals surface area contributed by atoms with Gasteiger partial charge in [0.05, 0.1) is 22.7 Å². The molecule has 8 nitrogen and oxygen atoms in total. The highest BCUT2D eigenvalue weighted by Gasteiger charge is 2.34. The fourth-order valence-corrected chi connectivity index (χ4v) is 6.02. The van der Waals surface area contributed by atoms with Gasteiger partial charge in [-0.3, -0.25) is 13.9 Å². The van der Waals surface area contributed by atoms with Crippen LogP contribution in [0.3, 0.4) is 0 Å². The van der Waals surface area contributed by atoms with E-state index in [0.29, 0.717) is 17.2 Å². The lowest BCUT2D eigenvalue weighted by Crippen LogP contribution is -2.55. The van der Waals surface area contributed by atoms with Gasteiger partial charge in [0, 0.05) is 17.1 Å². The molecule has 0 aliphatic rings. The first kappa shape index (κ1) is 32.2. The van der Waals surface area contributed by atoms with Crippen molar-refractivity contribution in [2.75, 3.05) is 18.0 Å². The minimum Gasteiger partial charge on any atom is -0.495 e. The van der Waals surface area contributed by atoms with Crippen molar-refractivity contribution in [1.29, 1.82) is 0 Å². The van der Waals surface area contributed by atoms with Gasteiger partial charge in [0.1, 0.15) is 18.3 Å². The van der Waals surface area contributed by atoms with E-state index in [1.54, 1.807) is 49.4 Å². The zero-order chi connectivity index (χ0) is 30.4. The molecule has 1 atom stereocenters. The van der Waals surface area contributed by atoms with Crippen molar-refractivity contribution in [1.82, 2.24) is 10.2 Å². The fraction of sp³-hybridized carbons (Fsp3) is 0.333. The van der Waals surface area contributed by atoms with E-state index < -0.39 is 34.1 Å². The molecule has 0 spiro atoms. The molecule has 1 N–H and O–H groups in total. The standard InChI is InChI=1S/C30H35Cl2N3O5S/c1-6-26(29(37)33-30(2,3)4)34(19-21-12-14-22(31)15-13-21)28(36)20-35(23-16-17-27(40-5)25(32)18-23)41(38,39)24-10-8-7-9-11-24/h7-18,26H,6,19-20H2,1-5H3,(H,33,37)/t26-/m1/s1. The first-order chi connectivity index (χ1) is 19.3. The molecule has 0 heterocycles. The van der Waals surface area contributed by atoms with Crippen LogP contribution in [0, 0.1) is 0 Å². The zero-order valence-electron chi connectivity index (χ0n) is 23.7. The largest absolute Gasteiger partial charge is 0.495 e. The molecular formula is C30H35Cl2N3O5S. The number of hydrogen-bond acceptors (Lipinski definition) is 5. The van der Waals surface area contributed by atoms with Crippen LogP contribution in [0.25, 0.3) is 0 Å². The number of rotatable bonds is 11. The molecular weight excluding hydrogens is 585 g/mol. The van der Waals surface area contributed by atoms with Gasteiger partial charge >= 0.3 is 0 Å². The Labute approximate surface area is 252 Å². The molecule has 2 amide bonds. The number of nitrogens with one attached hydrogen (secondary N) is 1. The number of hydrogen-bond donors (Lipinski definition) is 1. The normalized spacial score (nSPS) is 12.4. The fourth-order valence-electron chi connectivity index (χ4n) is 4.22. The summed E-state index contributed by atoms with van der Waals surface area (Å²) in [7, 11) is -2.76. The summed E-state index contributed by atoms with van der Waals surface area (Å²) in [5, 5.41) is 3.65. The zero-order valence-corrected chi connectivity index (χ0v) is 26.1. The van der Waals surface area contributed by atoms with Gasteiger partial charge in [-0.1, -0.05) is 60.5 Å². The Balaban J connectivity index is 2.09. The van der Waals surface area contributed by atoms with Crippen molar-refractivity contribution in [3.63, 3.8) is 0 Å². The Morgan fingerprint density at radius 1 is 0.976 bits per heavy atom. The van der Waals surface area contributed by atoms with Crippen molar-refractivity contribution < 1.29 is 22.7 Å². The molecule has 3 aromatic rings. The van der Waals surface area contributed by atoms with E-state index in [0.717, 1.165) is 9.87 Å². The van der Waals surface area contributed by atoms with Crippen LogP contribution >= 0.6 is 23.2 Å². The third-order valence-corrected chi connectivity index (χ3v) is 8.52. The van der Waals surface area contributed by atoms with Crippen LogP contribution in [-0.4, -0.2) is 50.4 Å². The van der Waals surface area contributed by atoms with Crippen LogP contribution in [0.15, 0.2) is 77.7 Å². The third-order valence-electron chi connectivity index (χ3n) is 6.18. The van der Waals surface area contributed by atoms with E-state index in [4.69, 9.17) is 27.9 Å². The number of ether oxygens (including phenoxy) is 1. The molecule has 41 heavy (non-hydrogen) atoms. The number of sulfonamides is 1. The van der Waals surface area contributed by atoms with Crippen molar-refractivity contribution >= 4 is 50.7 Å².